The highest BCUT2D eigenvalue weighted by Gasteiger charge is 2.27. The molecule has 29 heavy (non-hydrogen) atoms. The predicted octanol–water partition coefficient (Wildman–Crippen LogP) is 3.44. The van der Waals surface area contributed by atoms with Crippen molar-refractivity contribution in [2.24, 2.45) is 0 Å². The molecule has 0 bridgehead atoms. The van der Waals surface area contributed by atoms with Crippen LogP contribution in [-0.2, 0) is 4.79 Å². The van der Waals surface area contributed by atoms with Gasteiger partial charge in [0.2, 0.25) is 5.91 Å². The normalized spacial score (nSPS) is 17.0. The minimum Gasteiger partial charge on any atom is -0.345 e. The fraction of sp³-hybridized carbons (Fsp3) is 0.350. The molecule has 150 valence electrons. The molecule has 1 aliphatic rings. The first kappa shape index (κ1) is 19.3. The van der Waals surface area contributed by atoms with Gasteiger partial charge in [-0.3, -0.25) is 9.78 Å². The van der Waals surface area contributed by atoms with E-state index in [2.05, 4.69) is 37.2 Å². The van der Waals surface area contributed by atoms with Crippen LogP contribution < -0.4 is 5.32 Å². The smallest absolute Gasteiger partial charge is 0.246 e. The monoisotopic (exact) mass is 409 g/mol. The van der Waals surface area contributed by atoms with Crippen LogP contribution in [0.4, 0.5) is 10.9 Å². The molecule has 1 fully saturated rings. The highest BCUT2D eigenvalue weighted by atomic mass is 32.1. The number of carbonyl (C=O) groups excluding carboxylic acids is 1. The highest BCUT2D eigenvalue weighted by molar-refractivity contribution is 7.15. The fourth-order valence-electron chi connectivity index (χ4n) is 3.40. The van der Waals surface area contributed by atoms with E-state index in [1.54, 1.807) is 48.4 Å². The lowest BCUT2D eigenvalue weighted by atomic mass is 9.94. The summed E-state index contributed by atoms with van der Waals surface area (Å²) >= 11 is 1.60. The number of anilines is 2. The maximum Gasteiger partial charge on any atom is 0.246 e. The van der Waals surface area contributed by atoms with Crippen molar-refractivity contribution in [1.29, 1.82) is 0 Å². The van der Waals surface area contributed by atoms with Crippen molar-refractivity contribution in [1.82, 2.24) is 29.8 Å². The number of thiazole rings is 1. The number of nitrogens with one attached hydrogen (secondary N) is 2. The van der Waals surface area contributed by atoms with Crippen molar-refractivity contribution in [3.05, 3.63) is 53.0 Å². The second-order valence-electron chi connectivity index (χ2n) is 7.04. The summed E-state index contributed by atoms with van der Waals surface area (Å²) in [6, 6.07) is 0. The number of piperidine rings is 1. The minimum absolute atomic E-state index is 0.00567. The number of hydrogen-bond acceptors (Lipinski definition) is 7. The molecule has 1 aliphatic heterocycles. The molecule has 4 heterocycles. The summed E-state index contributed by atoms with van der Waals surface area (Å²) in [6.45, 7) is 5.42. The molecule has 1 amide bonds. The number of aromatic amines is 1. The second-order valence-corrected chi connectivity index (χ2v) is 8.24. The first-order valence-corrected chi connectivity index (χ1v) is 10.4. The summed E-state index contributed by atoms with van der Waals surface area (Å²) < 4.78 is 0. The maximum atomic E-state index is 12.6. The number of hydrogen-bond donors (Lipinski definition) is 2. The van der Waals surface area contributed by atoms with E-state index in [1.165, 1.54) is 4.88 Å². The molecule has 1 unspecified atom stereocenters. The van der Waals surface area contributed by atoms with Gasteiger partial charge in [-0.2, -0.15) is 0 Å². The topological polar surface area (TPSA) is 99.7 Å². The zero-order valence-electron chi connectivity index (χ0n) is 16.4. The van der Waals surface area contributed by atoms with Crippen LogP contribution in [0.1, 0.15) is 40.7 Å². The van der Waals surface area contributed by atoms with Crippen molar-refractivity contribution in [3.8, 4) is 0 Å². The molecule has 1 saturated heterocycles. The number of rotatable bonds is 5. The average molecular weight is 410 g/mol. The molecule has 2 N–H and O–H groups in total. The highest BCUT2D eigenvalue weighted by Crippen LogP contribution is 2.32. The summed E-state index contributed by atoms with van der Waals surface area (Å²) in [5.41, 5.74) is 2.70. The van der Waals surface area contributed by atoms with Crippen molar-refractivity contribution in [2.45, 2.75) is 32.6 Å². The molecule has 0 radical (unpaired) electrons. The van der Waals surface area contributed by atoms with E-state index in [1.807, 2.05) is 11.8 Å². The number of imidazole rings is 1. The van der Waals surface area contributed by atoms with E-state index < -0.39 is 0 Å². The van der Waals surface area contributed by atoms with Gasteiger partial charge in [0.25, 0.3) is 0 Å². The third-order valence-electron chi connectivity index (χ3n) is 5.03. The Morgan fingerprint density at radius 3 is 2.97 bits per heavy atom. The Kier molecular flexibility index (Phi) is 5.66. The quantitative estimate of drug-likeness (QED) is 0.626. The number of nitrogens with zero attached hydrogens (tertiary/aromatic N) is 5. The predicted molar refractivity (Wildman–Crippen MR) is 113 cm³/mol. The van der Waals surface area contributed by atoms with Gasteiger partial charge >= 0.3 is 0 Å². The number of likely N-dealkylation sites (tertiary alicyclic amines) is 1. The lowest BCUT2D eigenvalue weighted by Gasteiger charge is -2.32. The third kappa shape index (κ3) is 4.51. The lowest BCUT2D eigenvalue weighted by molar-refractivity contribution is -0.127. The van der Waals surface area contributed by atoms with Crippen LogP contribution in [0.2, 0.25) is 0 Å². The number of amides is 1. The molecule has 3 aromatic heterocycles. The van der Waals surface area contributed by atoms with Crippen LogP contribution in [0.15, 0.2) is 31.0 Å². The van der Waals surface area contributed by atoms with Crippen LogP contribution in [-0.4, -0.2) is 48.8 Å². The van der Waals surface area contributed by atoms with Crippen LogP contribution in [0, 0.1) is 13.8 Å². The zero-order chi connectivity index (χ0) is 20.2. The Bertz CT molecular complexity index is 992. The van der Waals surface area contributed by atoms with Crippen LogP contribution in [0.25, 0.3) is 6.08 Å². The van der Waals surface area contributed by atoms with E-state index in [0.29, 0.717) is 12.4 Å². The van der Waals surface area contributed by atoms with E-state index in [0.717, 1.165) is 41.6 Å². The zero-order valence-corrected chi connectivity index (χ0v) is 17.2. The maximum absolute atomic E-state index is 12.6. The molecule has 3 aromatic rings. The van der Waals surface area contributed by atoms with Gasteiger partial charge in [0.05, 0.1) is 29.6 Å². The molecule has 0 aliphatic carbocycles. The number of aryl methyl sites for hydroxylation is 2. The Labute approximate surface area is 173 Å². The summed E-state index contributed by atoms with van der Waals surface area (Å²) in [7, 11) is 0. The van der Waals surface area contributed by atoms with E-state index in [-0.39, 0.29) is 11.8 Å². The second kappa shape index (κ2) is 8.52. The Morgan fingerprint density at radius 1 is 1.34 bits per heavy atom. The Balaban J connectivity index is 1.49. The Morgan fingerprint density at radius 2 is 2.21 bits per heavy atom. The summed E-state index contributed by atoms with van der Waals surface area (Å²) in [5.74, 6) is 0.842. The number of H-pyrrole nitrogens is 1. The first-order chi connectivity index (χ1) is 14.1. The van der Waals surface area contributed by atoms with E-state index >= 15 is 0 Å². The van der Waals surface area contributed by atoms with E-state index in [4.69, 9.17) is 0 Å². The lowest BCUT2D eigenvalue weighted by Crippen LogP contribution is -2.38. The largest absolute Gasteiger partial charge is 0.345 e. The molecule has 1 atom stereocenters. The molecule has 0 saturated carbocycles. The standard InChI is InChI=1S/C20H23N7OS/c1-13-14(2)29-20(25-13)26-19-18(22-7-8-23-19)15-4-3-9-27(11-15)17(28)6-5-16-10-21-12-24-16/h5-8,10,12,15H,3-4,9,11H2,1-2H3,(H,21,24)(H,23,25,26)/b6-5+. The Hall–Kier alpha value is -3.07. The average Bonchev–Trinajstić information content (AvgIpc) is 3.36. The fourth-order valence-corrected chi connectivity index (χ4v) is 4.21. The molecular weight excluding hydrogens is 386 g/mol. The molecule has 9 heteroatoms. The summed E-state index contributed by atoms with van der Waals surface area (Å²) in [6.07, 6.45) is 11.9. The number of carbonyl (C=O) groups is 1. The number of aromatic nitrogens is 5. The molecular formula is C20H23N7OS. The summed E-state index contributed by atoms with van der Waals surface area (Å²) in [5, 5.41) is 4.14. The van der Waals surface area contributed by atoms with Crippen molar-refractivity contribution < 1.29 is 4.79 Å². The van der Waals surface area contributed by atoms with Crippen molar-refractivity contribution in [3.63, 3.8) is 0 Å². The van der Waals surface area contributed by atoms with Gasteiger partial charge < -0.3 is 15.2 Å². The van der Waals surface area contributed by atoms with Gasteiger partial charge in [0.15, 0.2) is 10.9 Å². The van der Waals surface area contributed by atoms with Crippen molar-refractivity contribution in [2.75, 3.05) is 18.4 Å². The summed E-state index contributed by atoms with van der Waals surface area (Å²) in [4.78, 5) is 36.2. The van der Waals surface area contributed by atoms with Crippen LogP contribution >= 0.6 is 11.3 Å². The van der Waals surface area contributed by atoms with Gasteiger partial charge in [0.1, 0.15) is 0 Å². The molecule has 4 rings (SSSR count). The van der Waals surface area contributed by atoms with Gasteiger partial charge in [-0.05, 0) is 32.8 Å². The SMILES string of the molecule is Cc1nc(Nc2nccnc2C2CCCN(C(=O)/C=C/c3cnc[nH]3)C2)sc1C. The van der Waals surface area contributed by atoms with Crippen molar-refractivity contribution >= 4 is 34.3 Å². The van der Waals surface area contributed by atoms with Gasteiger partial charge in [-0.25, -0.2) is 15.0 Å². The van der Waals surface area contributed by atoms with Gasteiger partial charge in [-0.15, -0.1) is 11.3 Å². The minimum atomic E-state index is -0.00567. The third-order valence-corrected chi connectivity index (χ3v) is 6.01. The van der Waals surface area contributed by atoms with Crippen LogP contribution in [0.5, 0.6) is 0 Å². The molecule has 0 spiro atoms. The van der Waals surface area contributed by atoms with E-state index in [9.17, 15) is 4.79 Å². The van der Waals surface area contributed by atoms with Gasteiger partial charge in [-0.1, -0.05) is 0 Å². The molecule has 0 aromatic carbocycles. The van der Waals surface area contributed by atoms with Gasteiger partial charge in [0, 0.05) is 42.4 Å². The molecule has 8 nitrogen and oxygen atoms in total. The van der Waals surface area contributed by atoms with Crippen LogP contribution in [0.3, 0.4) is 0 Å². The first-order valence-electron chi connectivity index (χ1n) is 9.57.